The van der Waals surface area contributed by atoms with Crippen molar-refractivity contribution >= 4 is 0 Å². The summed E-state index contributed by atoms with van der Waals surface area (Å²) in [5, 5.41) is 24.1. The summed E-state index contributed by atoms with van der Waals surface area (Å²) in [6.07, 6.45) is 20.8. The Kier molecular flexibility index (Phi) is 75.7. The average molecular weight is 1960 g/mol. The van der Waals surface area contributed by atoms with Gasteiger partial charge in [-0.2, -0.15) is 15.3 Å². The first-order valence-electron chi connectivity index (χ1n) is 49.2. The minimum Gasteiger partial charge on any atom is -0.265 e. The van der Waals surface area contributed by atoms with Crippen LogP contribution in [-0.2, 0) is 5.41 Å². The van der Waals surface area contributed by atoms with Gasteiger partial charge in [-0.3, -0.25) is 4.98 Å². The van der Waals surface area contributed by atoms with Crippen molar-refractivity contribution in [2.45, 2.75) is 227 Å². The molecule has 0 fully saturated rings. The summed E-state index contributed by atoms with van der Waals surface area (Å²) in [7, 11) is 0. The molecule has 0 amide bonds. The molecule has 0 saturated heterocycles. The van der Waals surface area contributed by atoms with E-state index in [9.17, 15) is 0 Å². The smallest absolute Gasteiger partial charge is 0.163 e. The SMILES string of the molecule is CC(C)(C)C.CC(C)(C)C.CC(C)(C)C.CC(C)(C)C.CC(C)(C)C.CC(C)(C)c1nc(-c2ccccc2)nc(-c2ccccc2)n1.Cc1ccccc1.Cc1ccccc1.Cc1ccccc1.Cc1ccccc1.Cc1ccccc1.Cc1ccccc1.Cc1ccccc1.Cc1ccccc1.Cc1ncnc(-c2ccccc2)n1.c1ccncc1.c1ccnnc1.c1cncnc1.c1cnncn1.c1cnnnc1. The molecule has 0 bridgehead atoms. The van der Waals surface area contributed by atoms with E-state index < -0.39 is 0 Å². The van der Waals surface area contributed by atoms with Gasteiger partial charge in [0.15, 0.2) is 17.5 Å². The third kappa shape index (κ3) is 103. The number of pyridine rings is 1. The maximum atomic E-state index is 4.68. The van der Waals surface area contributed by atoms with Crippen LogP contribution in [0.2, 0.25) is 0 Å². The van der Waals surface area contributed by atoms with E-state index in [1.54, 1.807) is 67.9 Å². The molecule has 7 aromatic heterocycles. The quantitative estimate of drug-likeness (QED) is 0.160. The molecule has 18 rings (SSSR count). The molecule has 0 atom stereocenters. The fourth-order valence-corrected chi connectivity index (χ4v) is 8.75. The molecule has 7 heterocycles. The molecular formula is C129H171N17. The van der Waals surface area contributed by atoms with Crippen LogP contribution in [-0.4, -0.2) is 85.6 Å². The van der Waals surface area contributed by atoms with E-state index in [4.69, 9.17) is 0 Å². The topological polar surface area (TPSA) is 219 Å². The highest BCUT2D eigenvalue weighted by Gasteiger charge is 2.21. The van der Waals surface area contributed by atoms with E-state index >= 15 is 0 Å². The second kappa shape index (κ2) is 83.3. The van der Waals surface area contributed by atoms with Crippen molar-refractivity contribution in [1.82, 2.24) is 85.6 Å². The van der Waals surface area contributed by atoms with Crippen LogP contribution in [0.15, 0.2) is 457 Å². The highest BCUT2D eigenvalue weighted by molar-refractivity contribution is 5.61. The number of aryl methyl sites for hydroxylation is 9. The zero-order valence-corrected chi connectivity index (χ0v) is 93.9. The van der Waals surface area contributed by atoms with E-state index in [0.29, 0.717) is 27.1 Å². The predicted octanol–water partition coefficient (Wildman–Crippen LogP) is 34.4. The Morgan fingerprint density at radius 3 is 0.507 bits per heavy atom. The summed E-state index contributed by atoms with van der Waals surface area (Å²) >= 11 is 0. The molecule has 17 nitrogen and oxygen atoms in total. The van der Waals surface area contributed by atoms with Crippen molar-refractivity contribution in [3.8, 4) is 34.2 Å². The van der Waals surface area contributed by atoms with Gasteiger partial charge >= 0.3 is 0 Å². The molecule has 0 N–H and O–H groups in total. The molecule has 0 spiro atoms. The molecule has 0 saturated carbocycles. The maximum absolute atomic E-state index is 4.68. The van der Waals surface area contributed by atoms with Crippen LogP contribution in [0.25, 0.3) is 34.2 Å². The van der Waals surface area contributed by atoms with E-state index in [2.05, 4.69) is 397 Å². The number of nitrogens with zero attached hydrogens (tertiary/aromatic N) is 17. The third-order valence-corrected chi connectivity index (χ3v) is 15.0. The zero-order chi connectivity index (χ0) is 109. The molecule has 18 aromatic rings. The van der Waals surface area contributed by atoms with Crippen LogP contribution in [0.5, 0.6) is 0 Å². The second-order valence-electron chi connectivity index (χ2n) is 41.7. The van der Waals surface area contributed by atoms with Gasteiger partial charge in [-0.1, -0.05) is 543 Å². The maximum Gasteiger partial charge on any atom is 0.163 e. The Hall–Kier alpha value is -15.2. The van der Waals surface area contributed by atoms with E-state index in [0.717, 1.165) is 45.8 Å². The molecule has 146 heavy (non-hydrogen) atoms. The van der Waals surface area contributed by atoms with Gasteiger partial charge in [0.25, 0.3) is 0 Å². The lowest BCUT2D eigenvalue weighted by Crippen LogP contribution is -2.18. The van der Waals surface area contributed by atoms with E-state index in [1.807, 2.05) is 274 Å². The Morgan fingerprint density at radius 2 is 0.370 bits per heavy atom. The summed E-state index contributed by atoms with van der Waals surface area (Å²) in [4.78, 5) is 41.0. The van der Waals surface area contributed by atoms with Crippen molar-refractivity contribution < 1.29 is 0 Å². The molecule has 0 unspecified atom stereocenters. The van der Waals surface area contributed by atoms with Gasteiger partial charge in [0.05, 0.1) is 18.6 Å². The lowest BCUT2D eigenvalue weighted by Gasteiger charge is -2.18. The highest BCUT2D eigenvalue weighted by atomic mass is 15.3. The standard InChI is InChI=1S/C19H19N3.C10H9N3.8C7H8.C5H5N.5C5H12.2C4H4N2.2C3H3N3/c1-19(2,3)18-21-16(14-10-6-4-7-11-14)20-17(22-18)15-12-8-5-9-13-15;1-8-11-7-12-10(13-8)9-5-3-2-4-6-9;8*1-7-5-3-2-4-6-7;1-2-4-6-5-3-1;5*1-5(2,3)4;1-2-5-4-6-3-1;1-2-4-6-5-3-1;1-2-5-6-3-4-1;1-2-4-6-5-3-1/h4-13H,1-3H3;2-7H,1H3;8*2-6H,1H3;1-5H;5*1-4H3;2*1-4H;2*1-3H. The van der Waals surface area contributed by atoms with Crippen molar-refractivity contribution in [3.63, 3.8) is 0 Å². The zero-order valence-electron chi connectivity index (χ0n) is 93.9. The van der Waals surface area contributed by atoms with Crippen molar-refractivity contribution in [1.29, 1.82) is 0 Å². The van der Waals surface area contributed by atoms with Crippen LogP contribution in [0.3, 0.4) is 0 Å². The largest absolute Gasteiger partial charge is 0.265 e. The first kappa shape index (κ1) is 133. The van der Waals surface area contributed by atoms with Crippen LogP contribution in [0.1, 0.15) is 215 Å². The van der Waals surface area contributed by atoms with E-state index in [1.165, 1.54) is 69.7 Å². The molecule has 0 aliphatic carbocycles. The molecular weight excluding hydrogens is 1790 g/mol. The Bertz CT molecular complexity index is 4880. The van der Waals surface area contributed by atoms with Gasteiger partial charge in [0.1, 0.15) is 30.6 Å². The van der Waals surface area contributed by atoms with Gasteiger partial charge < -0.3 is 0 Å². The van der Waals surface area contributed by atoms with Crippen LogP contribution in [0.4, 0.5) is 0 Å². The van der Waals surface area contributed by atoms with Crippen LogP contribution in [0, 0.1) is 89.4 Å². The van der Waals surface area contributed by atoms with Gasteiger partial charge in [-0.25, -0.2) is 44.9 Å². The fourth-order valence-electron chi connectivity index (χ4n) is 8.75. The first-order chi connectivity index (χ1) is 69.0. The number of benzene rings is 11. The van der Waals surface area contributed by atoms with Gasteiger partial charge in [0, 0.05) is 65.5 Å². The first-order valence-corrected chi connectivity index (χ1v) is 49.2. The van der Waals surface area contributed by atoms with Crippen molar-refractivity contribution in [3.05, 3.63) is 513 Å². The minimum absolute atomic E-state index is 0.129. The van der Waals surface area contributed by atoms with Crippen LogP contribution >= 0.6 is 0 Å². The third-order valence-electron chi connectivity index (χ3n) is 15.0. The van der Waals surface area contributed by atoms with Gasteiger partial charge in [-0.15, -0.1) is 15.3 Å². The normalized spacial score (nSPS) is 9.64. The van der Waals surface area contributed by atoms with Crippen molar-refractivity contribution in [2.24, 2.45) is 27.1 Å². The minimum atomic E-state index is -0.129. The molecule has 0 aliphatic rings. The number of hydrogen-bond donors (Lipinski definition) is 0. The molecule has 772 valence electrons. The molecule has 0 aliphatic heterocycles. The Morgan fingerprint density at radius 1 is 0.158 bits per heavy atom. The van der Waals surface area contributed by atoms with Crippen molar-refractivity contribution in [2.75, 3.05) is 0 Å². The second-order valence-corrected chi connectivity index (χ2v) is 41.7. The van der Waals surface area contributed by atoms with Gasteiger partial charge in [-0.05, 0) is 131 Å². The predicted molar refractivity (Wildman–Crippen MR) is 622 cm³/mol. The summed E-state index contributed by atoms with van der Waals surface area (Å²) in [5.41, 5.74) is 16.0. The molecule has 11 aromatic carbocycles. The summed E-state index contributed by atoms with van der Waals surface area (Å²) in [6, 6.07) is 125. The fraction of sp³-hybridized carbons (Fsp3) is 0.295. The molecule has 0 radical (unpaired) electrons. The summed E-state index contributed by atoms with van der Waals surface area (Å²) in [5.74, 6) is 3.72. The summed E-state index contributed by atoms with van der Waals surface area (Å²) < 4.78 is 0. The van der Waals surface area contributed by atoms with Crippen LogP contribution < -0.4 is 0 Å². The van der Waals surface area contributed by atoms with Gasteiger partial charge in [0.2, 0.25) is 0 Å². The number of rotatable bonds is 3. The lowest BCUT2D eigenvalue weighted by molar-refractivity contribution is 0.469. The Balaban J connectivity index is 0. The number of aromatic nitrogens is 17. The molecule has 17 heteroatoms. The lowest BCUT2D eigenvalue weighted by atomic mass is 9.95. The van der Waals surface area contributed by atoms with E-state index in [-0.39, 0.29) is 5.41 Å². The summed E-state index contributed by atoms with van der Waals surface area (Å²) in [6.45, 7) is 68.6. The Labute approximate surface area is 881 Å². The monoisotopic (exact) mass is 1960 g/mol. The average Bonchev–Trinajstić information content (AvgIpc) is 0.799. The number of hydrogen-bond acceptors (Lipinski definition) is 17. The highest BCUT2D eigenvalue weighted by Crippen LogP contribution is 2.26.